The summed E-state index contributed by atoms with van der Waals surface area (Å²) >= 11 is 6.15. The topological polar surface area (TPSA) is 65.5 Å². The van der Waals surface area contributed by atoms with E-state index in [0.29, 0.717) is 19.6 Å². The van der Waals surface area contributed by atoms with Gasteiger partial charge in [0.1, 0.15) is 0 Å². The molecule has 1 aromatic rings. The van der Waals surface area contributed by atoms with Crippen molar-refractivity contribution in [1.29, 1.82) is 0 Å². The second-order valence-electron chi connectivity index (χ2n) is 6.53. The summed E-state index contributed by atoms with van der Waals surface area (Å²) < 4.78 is 0. The number of carbonyl (C=O) groups excluding carboxylic acids is 1. The predicted octanol–water partition coefficient (Wildman–Crippen LogP) is 2.60. The van der Waals surface area contributed by atoms with E-state index < -0.39 is 0 Å². The number of benzene rings is 1. The van der Waals surface area contributed by atoms with Gasteiger partial charge in [-0.25, -0.2) is 0 Å². The fourth-order valence-electron chi connectivity index (χ4n) is 1.95. The van der Waals surface area contributed by atoms with Gasteiger partial charge in [0.25, 0.3) is 0 Å². The number of hydrogen-bond acceptors (Lipinski definition) is 2. The van der Waals surface area contributed by atoms with Crippen LogP contribution in [0.1, 0.15) is 33.3 Å². The van der Waals surface area contributed by atoms with E-state index in [9.17, 15) is 4.79 Å². The number of rotatable bonds is 7. The second-order valence-corrected chi connectivity index (χ2v) is 6.94. The molecular weight excluding hydrogens is 324 g/mol. The molecule has 0 aliphatic carbocycles. The number of nitrogens with one attached hydrogen (secondary N) is 3. The van der Waals surface area contributed by atoms with Gasteiger partial charge < -0.3 is 16.0 Å². The third kappa shape index (κ3) is 7.68. The Kier molecular flexibility index (Phi) is 8.61. The maximum atomic E-state index is 11.8. The SMILES string of the molecule is CCNC(=NCCc1ccccc1Cl)NCCNC(=O)C(C)(C)C. The van der Waals surface area contributed by atoms with Crippen LogP contribution < -0.4 is 16.0 Å². The normalized spacial score (nSPS) is 12.0. The van der Waals surface area contributed by atoms with Crippen molar-refractivity contribution in [3.8, 4) is 0 Å². The molecule has 24 heavy (non-hydrogen) atoms. The number of guanidine groups is 1. The Hall–Kier alpha value is -1.75. The lowest BCUT2D eigenvalue weighted by atomic mass is 9.96. The zero-order chi connectivity index (χ0) is 18.0. The van der Waals surface area contributed by atoms with E-state index in [1.165, 1.54) is 0 Å². The second kappa shape index (κ2) is 10.2. The molecule has 0 atom stereocenters. The minimum atomic E-state index is -0.368. The highest BCUT2D eigenvalue weighted by molar-refractivity contribution is 6.31. The number of aliphatic imine (C=N–C) groups is 1. The van der Waals surface area contributed by atoms with Crippen LogP contribution in [0.2, 0.25) is 5.02 Å². The third-order valence-electron chi connectivity index (χ3n) is 3.34. The lowest BCUT2D eigenvalue weighted by molar-refractivity contribution is -0.128. The number of amides is 1. The van der Waals surface area contributed by atoms with Crippen LogP contribution in [0.3, 0.4) is 0 Å². The Morgan fingerprint density at radius 3 is 2.42 bits per heavy atom. The maximum Gasteiger partial charge on any atom is 0.225 e. The monoisotopic (exact) mass is 352 g/mol. The summed E-state index contributed by atoms with van der Waals surface area (Å²) in [5.74, 6) is 0.791. The smallest absolute Gasteiger partial charge is 0.225 e. The van der Waals surface area contributed by atoms with E-state index >= 15 is 0 Å². The lowest BCUT2D eigenvalue weighted by Gasteiger charge is -2.18. The van der Waals surface area contributed by atoms with Gasteiger partial charge in [0.05, 0.1) is 0 Å². The summed E-state index contributed by atoms with van der Waals surface area (Å²) in [6, 6.07) is 7.81. The average molecular weight is 353 g/mol. The van der Waals surface area contributed by atoms with E-state index in [2.05, 4.69) is 20.9 Å². The Labute approximate surface area is 150 Å². The summed E-state index contributed by atoms with van der Waals surface area (Å²) in [5, 5.41) is 10.1. The molecular formula is C18H29ClN4O. The van der Waals surface area contributed by atoms with Gasteiger partial charge in [-0.3, -0.25) is 9.79 Å². The minimum absolute atomic E-state index is 0.0463. The van der Waals surface area contributed by atoms with Gasteiger partial charge in [-0.2, -0.15) is 0 Å². The zero-order valence-electron chi connectivity index (χ0n) is 15.1. The Bertz CT molecular complexity index is 552. The molecule has 0 fully saturated rings. The number of nitrogens with zero attached hydrogens (tertiary/aromatic N) is 1. The van der Waals surface area contributed by atoms with Crippen LogP contribution in [0.4, 0.5) is 0 Å². The van der Waals surface area contributed by atoms with E-state index in [0.717, 1.165) is 29.5 Å². The average Bonchev–Trinajstić information content (AvgIpc) is 2.52. The van der Waals surface area contributed by atoms with Crippen LogP contribution >= 0.6 is 11.6 Å². The van der Waals surface area contributed by atoms with E-state index in [1.807, 2.05) is 52.0 Å². The molecule has 0 aliphatic rings. The molecule has 5 nitrogen and oxygen atoms in total. The Morgan fingerprint density at radius 1 is 1.12 bits per heavy atom. The zero-order valence-corrected chi connectivity index (χ0v) is 15.8. The van der Waals surface area contributed by atoms with Crippen molar-refractivity contribution >= 4 is 23.5 Å². The first kappa shape index (κ1) is 20.3. The maximum absolute atomic E-state index is 11.8. The Balaban J connectivity index is 2.40. The van der Waals surface area contributed by atoms with Crippen molar-refractivity contribution in [3.63, 3.8) is 0 Å². The van der Waals surface area contributed by atoms with Crippen molar-refractivity contribution in [1.82, 2.24) is 16.0 Å². The van der Waals surface area contributed by atoms with Crippen LogP contribution in [0.15, 0.2) is 29.3 Å². The highest BCUT2D eigenvalue weighted by Crippen LogP contribution is 2.15. The molecule has 0 unspecified atom stereocenters. The summed E-state index contributed by atoms with van der Waals surface area (Å²) in [7, 11) is 0. The highest BCUT2D eigenvalue weighted by Gasteiger charge is 2.20. The van der Waals surface area contributed by atoms with Crippen LogP contribution in [0.5, 0.6) is 0 Å². The molecule has 1 rings (SSSR count). The summed E-state index contributed by atoms with van der Waals surface area (Å²) in [5.41, 5.74) is 0.726. The van der Waals surface area contributed by atoms with Gasteiger partial charge in [-0.05, 0) is 25.0 Å². The van der Waals surface area contributed by atoms with E-state index in [4.69, 9.17) is 11.6 Å². The molecule has 0 bridgehead atoms. The molecule has 0 spiro atoms. The summed E-state index contributed by atoms with van der Waals surface area (Å²) in [4.78, 5) is 16.3. The van der Waals surface area contributed by atoms with Gasteiger partial charge in [-0.1, -0.05) is 50.6 Å². The summed E-state index contributed by atoms with van der Waals surface area (Å²) in [6.07, 6.45) is 0.789. The first-order valence-corrected chi connectivity index (χ1v) is 8.76. The lowest BCUT2D eigenvalue weighted by Crippen LogP contribution is -2.43. The van der Waals surface area contributed by atoms with Crippen molar-refractivity contribution in [2.45, 2.75) is 34.1 Å². The largest absolute Gasteiger partial charge is 0.357 e. The molecule has 0 saturated carbocycles. The van der Waals surface area contributed by atoms with Gasteiger partial charge in [0.15, 0.2) is 5.96 Å². The van der Waals surface area contributed by atoms with Crippen molar-refractivity contribution in [3.05, 3.63) is 34.9 Å². The summed E-state index contributed by atoms with van der Waals surface area (Å²) in [6.45, 7) is 10.3. The molecule has 0 aromatic heterocycles. The predicted molar refractivity (Wildman–Crippen MR) is 102 cm³/mol. The molecule has 1 amide bonds. The molecule has 1 aromatic carbocycles. The van der Waals surface area contributed by atoms with Gasteiger partial charge in [0, 0.05) is 36.6 Å². The Morgan fingerprint density at radius 2 is 1.79 bits per heavy atom. The molecule has 0 saturated heterocycles. The van der Waals surface area contributed by atoms with Crippen molar-refractivity contribution in [2.24, 2.45) is 10.4 Å². The molecule has 3 N–H and O–H groups in total. The molecule has 0 aliphatic heterocycles. The highest BCUT2D eigenvalue weighted by atomic mass is 35.5. The van der Waals surface area contributed by atoms with Gasteiger partial charge in [0.2, 0.25) is 5.91 Å². The van der Waals surface area contributed by atoms with Gasteiger partial charge in [-0.15, -0.1) is 0 Å². The minimum Gasteiger partial charge on any atom is -0.357 e. The van der Waals surface area contributed by atoms with E-state index in [1.54, 1.807) is 0 Å². The molecule has 0 heterocycles. The van der Waals surface area contributed by atoms with Crippen LogP contribution in [0.25, 0.3) is 0 Å². The molecule has 0 radical (unpaired) electrons. The number of carbonyl (C=O) groups is 1. The van der Waals surface area contributed by atoms with E-state index in [-0.39, 0.29) is 11.3 Å². The van der Waals surface area contributed by atoms with Crippen molar-refractivity contribution < 1.29 is 4.79 Å². The third-order valence-corrected chi connectivity index (χ3v) is 3.71. The van der Waals surface area contributed by atoms with Crippen molar-refractivity contribution in [2.75, 3.05) is 26.2 Å². The quantitative estimate of drug-likeness (QED) is 0.401. The fourth-order valence-corrected chi connectivity index (χ4v) is 2.18. The van der Waals surface area contributed by atoms with Crippen LogP contribution in [0, 0.1) is 5.41 Å². The number of halogens is 1. The molecule has 134 valence electrons. The first-order valence-electron chi connectivity index (χ1n) is 8.38. The van der Waals surface area contributed by atoms with Crippen LogP contribution in [-0.4, -0.2) is 38.0 Å². The van der Waals surface area contributed by atoms with Gasteiger partial charge >= 0.3 is 0 Å². The molecule has 6 heteroatoms. The fraction of sp³-hybridized carbons (Fsp3) is 0.556. The first-order chi connectivity index (χ1) is 11.3. The number of hydrogen-bond donors (Lipinski definition) is 3. The standard InChI is InChI=1S/C18H29ClN4O/c1-5-20-17(23-13-12-21-16(24)18(2,3)4)22-11-10-14-8-6-7-9-15(14)19/h6-9H,5,10-13H2,1-4H3,(H,21,24)(H2,20,22,23). The van der Waals surface area contributed by atoms with Crippen LogP contribution in [-0.2, 0) is 11.2 Å².